The molecule has 1 aromatic heterocycles. The summed E-state index contributed by atoms with van der Waals surface area (Å²) < 4.78 is 12.3. The van der Waals surface area contributed by atoms with Crippen LogP contribution in [0.15, 0.2) is 34.8 Å². The monoisotopic (exact) mass is 344 g/mol. The number of hydrogen-bond acceptors (Lipinski definition) is 3. The Kier molecular flexibility index (Phi) is 2.89. The lowest BCUT2D eigenvalue weighted by Crippen LogP contribution is -2.15. The molecule has 1 N–H and O–H groups in total. The van der Waals surface area contributed by atoms with Gasteiger partial charge in [-0.1, -0.05) is 28.1 Å². The Hall–Kier alpha value is -2.01. The Morgan fingerprint density at radius 2 is 1.90 bits per heavy atom. The Morgan fingerprint density at radius 3 is 2.71 bits per heavy atom. The summed E-state index contributed by atoms with van der Waals surface area (Å²) in [5.74, 6) is 2.39. The van der Waals surface area contributed by atoms with Crippen molar-refractivity contribution in [2.24, 2.45) is 0 Å². The molecular formula is C16H13BrN2O2. The molecule has 0 aliphatic carbocycles. The van der Waals surface area contributed by atoms with Crippen molar-refractivity contribution in [2.75, 3.05) is 13.2 Å². The fraction of sp³-hybridized carbons (Fsp3) is 0.188. The Labute approximate surface area is 130 Å². The van der Waals surface area contributed by atoms with E-state index < -0.39 is 0 Å². The van der Waals surface area contributed by atoms with Crippen LogP contribution in [0, 0.1) is 6.92 Å². The summed E-state index contributed by atoms with van der Waals surface area (Å²) in [5, 5.41) is 0. The number of aromatic nitrogens is 2. The third-order valence-electron chi connectivity index (χ3n) is 3.67. The molecule has 2 aromatic carbocycles. The highest BCUT2D eigenvalue weighted by molar-refractivity contribution is 9.10. The largest absolute Gasteiger partial charge is 0.486 e. The second-order valence-corrected chi connectivity index (χ2v) is 5.87. The Morgan fingerprint density at radius 1 is 1.14 bits per heavy atom. The average molecular weight is 345 g/mol. The third-order valence-corrected chi connectivity index (χ3v) is 4.53. The first-order chi connectivity index (χ1) is 10.2. The van der Waals surface area contributed by atoms with E-state index in [-0.39, 0.29) is 0 Å². The number of imidazole rings is 1. The van der Waals surface area contributed by atoms with E-state index in [4.69, 9.17) is 9.47 Å². The van der Waals surface area contributed by atoms with E-state index in [1.54, 1.807) is 0 Å². The molecule has 0 radical (unpaired) electrons. The number of aromatic amines is 1. The molecule has 21 heavy (non-hydrogen) atoms. The van der Waals surface area contributed by atoms with Gasteiger partial charge >= 0.3 is 0 Å². The molecular weight excluding hydrogens is 332 g/mol. The van der Waals surface area contributed by atoms with Gasteiger partial charge in [-0.15, -0.1) is 0 Å². The van der Waals surface area contributed by atoms with Gasteiger partial charge in [0.05, 0.1) is 11.0 Å². The van der Waals surface area contributed by atoms with Gasteiger partial charge < -0.3 is 14.5 Å². The molecule has 5 heteroatoms. The third kappa shape index (κ3) is 2.08. The molecule has 3 aromatic rings. The predicted octanol–water partition coefficient (Wildman–Crippen LogP) is 4.07. The fourth-order valence-electron chi connectivity index (χ4n) is 2.54. The number of rotatable bonds is 1. The number of halogens is 1. The van der Waals surface area contributed by atoms with Gasteiger partial charge in [0.1, 0.15) is 19.0 Å². The van der Waals surface area contributed by atoms with Crippen LogP contribution in [0.2, 0.25) is 0 Å². The van der Waals surface area contributed by atoms with E-state index in [9.17, 15) is 0 Å². The first-order valence-corrected chi connectivity index (χ1v) is 7.56. The van der Waals surface area contributed by atoms with Crippen LogP contribution in [0.5, 0.6) is 11.5 Å². The van der Waals surface area contributed by atoms with E-state index in [1.165, 1.54) is 0 Å². The zero-order chi connectivity index (χ0) is 14.4. The molecule has 0 amide bonds. The molecule has 106 valence electrons. The van der Waals surface area contributed by atoms with Gasteiger partial charge in [0, 0.05) is 22.2 Å². The number of nitrogens with zero attached hydrogens (tertiary/aromatic N) is 1. The molecule has 2 heterocycles. The molecule has 0 atom stereocenters. The first kappa shape index (κ1) is 12.7. The summed E-state index contributed by atoms with van der Waals surface area (Å²) in [6.07, 6.45) is 0. The summed E-state index contributed by atoms with van der Waals surface area (Å²) in [7, 11) is 0. The zero-order valence-electron chi connectivity index (χ0n) is 11.4. The van der Waals surface area contributed by atoms with Crippen molar-refractivity contribution in [2.45, 2.75) is 6.92 Å². The summed E-state index contributed by atoms with van der Waals surface area (Å²) >= 11 is 3.56. The summed E-state index contributed by atoms with van der Waals surface area (Å²) in [6, 6.07) is 9.98. The second kappa shape index (κ2) is 4.77. The number of hydrogen-bond donors (Lipinski definition) is 1. The van der Waals surface area contributed by atoms with Crippen molar-refractivity contribution in [3.8, 4) is 22.9 Å². The topological polar surface area (TPSA) is 47.1 Å². The minimum atomic E-state index is 0.584. The highest BCUT2D eigenvalue weighted by Gasteiger charge is 2.16. The summed E-state index contributed by atoms with van der Waals surface area (Å²) in [6.45, 7) is 3.24. The average Bonchev–Trinajstić information content (AvgIpc) is 2.90. The quantitative estimate of drug-likeness (QED) is 0.723. The molecule has 1 aliphatic heterocycles. The number of ether oxygens (including phenoxy) is 2. The number of H-pyrrole nitrogens is 1. The van der Waals surface area contributed by atoms with Gasteiger partial charge in [0.2, 0.25) is 0 Å². The number of nitrogens with one attached hydrogen (secondary N) is 1. The predicted molar refractivity (Wildman–Crippen MR) is 85.0 cm³/mol. The van der Waals surface area contributed by atoms with Crippen molar-refractivity contribution < 1.29 is 9.47 Å². The van der Waals surface area contributed by atoms with E-state index in [0.717, 1.165) is 44.0 Å². The minimum Gasteiger partial charge on any atom is -0.486 e. The lowest BCUT2D eigenvalue weighted by Gasteiger charge is -2.17. The van der Waals surface area contributed by atoms with Gasteiger partial charge in [0.15, 0.2) is 11.5 Å². The maximum Gasteiger partial charge on any atom is 0.163 e. The minimum absolute atomic E-state index is 0.584. The Balaban J connectivity index is 1.89. The van der Waals surface area contributed by atoms with E-state index in [0.29, 0.717) is 13.2 Å². The fourth-order valence-corrected chi connectivity index (χ4v) is 2.90. The molecule has 0 saturated heterocycles. The normalized spacial score (nSPS) is 13.6. The molecule has 0 fully saturated rings. The van der Waals surface area contributed by atoms with Crippen LogP contribution in [0.25, 0.3) is 22.4 Å². The van der Waals surface area contributed by atoms with E-state index in [2.05, 4.69) is 38.9 Å². The van der Waals surface area contributed by atoms with Crippen LogP contribution in [-0.2, 0) is 0 Å². The second-order valence-electron chi connectivity index (χ2n) is 5.01. The van der Waals surface area contributed by atoms with Crippen molar-refractivity contribution >= 4 is 27.0 Å². The summed E-state index contributed by atoms with van der Waals surface area (Å²) in [5.41, 5.74) is 4.08. The standard InChI is InChI=1S/C16H13BrN2O2/c1-9-10(3-2-4-11(9)17)16-18-12-7-14-15(8-13(12)19-16)21-6-5-20-14/h2-4,7-8H,5-6H2,1H3,(H,18,19). The molecule has 0 saturated carbocycles. The molecule has 4 rings (SSSR count). The lowest BCUT2D eigenvalue weighted by molar-refractivity contribution is 0.172. The van der Waals surface area contributed by atoms with Crippen LogP contribution >= 0.6 is 15.9 Å². The van der Waals surface area contributed by atoms with Crippen molar-refractivity contribution in [3.05, 3.63) is 40.4 Å². The molecule has 1 aliphatic rings. The first-order valence-electron chi connectivity index (χ1n) is 6.77. The van der Waals surface area contributed by atoms with Crippen LogP contribution in [0.3, 0.4) is 0 Å². The van der Waals surface area contributed by atoms with Gasteiger partial charge in [-0.3, -0.25) is 0 Å². The molecule has 4 nitrogen and oxygen atoms in total. The van der Waals surface area contributed by atoms with Gasteiger partial charge in [-0.05, 0) is 18.6 Å². The maximum atomic E-state index is 5.61. The van der Waals surface area contributed by atoms with Crippen molar-refractivity contribution in [1.29, 1.82) is 0 Å². The smallest absolute Gasteiger partial charge is 0.163 e. The van der Waals surface area contributed by atoms with Gasteiger partial charge in [-0.25, -0.2) is 4.98 Å². The Bertz CT molecular complexity index is 799. The summed E-state index contributed by atoms with van der Waals surface area (Å²) in [4.78, 5) is 8.04. The van der Waals surface area contributed by atoms with Crippen LogP contribution in [0.1, 0.15) is 5.56 Å². The molecule has 0 spiro atoms. The van der Waals surface area contributed by atoms with Crippen LogP contribution in [-0.4, -0.2) is 23.2 Å². The molecule has 0 bridgehead atoms. The van der Waals surface area contributed by atoms with E-state index in [1.807, 2.05) is 24.3 Å². The SMILES string of the molecule is Cc1c(Br)cccc1-c1nc2cc3c(cc2[nH]1)OCCO3. The highest BCUT2D eigenvalue weighted by Crippen LogP contribution is 2.35. The highest BCUT2D eigenvalue weighted by atomic mass is 79.9. The maximum absolute atomic E-state index is 5.61. The lowest BCUT2D eigenvalue weighted by atomic mass is 10.1. The number of fused-ring (bicyclic) bond motifs is 2. The van der Waals surface area contributed by atoms with Gasteiger partial charge in [0.25, 0.3) is 0 Å². The van der Waals surface area contributed by atoms with Crippen molar-refractivity contribution in [3.63, 3.8) is 0 Å². The van der Waals surface area contributed by atoms with Crippen molar-refractivity contribution in [1.82, 2.24) is 9.97 Å². The van der Waals surface area contributed by atoms with Crippen LogP contribution in [0.4, 0.5) is 0 Å². The van der Waals surface area contributed by atoms with E-state index >= 15 is 0 Å². The number of benzene rings is 2. The zero-order valence-corrected chi connectivity index (χ0v) is 13.0. The molecule has 0 unspecified atom stereocenters. The van der Waals surface area contributed by atoms with Gasteiger partial charge in [-0.2, -0.15) is 0 Å². The van der Waals surface area contributed by atoms with Crippen LogP contribution < -0.4 is 9.47 Å².